The van der Waals surface area contributed by atoms with Crippen LogP contribution in [0.5, 0.6) is 0 Å². The zero-order valence-electron chi connectivity index (χ0n) is 9.38. The molecule has 3 nitrogen and oxygen atoms in total. The lowest BCUT2D eigenvalue weighted by Gasteiger charge is -2.01. The number of hydrogen-bond acceptors (Lipinski definition) is 3. The van der Waals surface area contributed by atoms with E-state index in [1.807, 2.05) is 0 Å². The minimum atomic E-state index is -0.420. The zero-order valence-corrected chi connectivity index (χ0v) is 10.2. The Balaban J connectivity index is 1.97. The zero-order chi connectivity index (χ0) is 13.0. The van der Waals surface area contributed by atoms with E-state index in [4.69, 9.17) is 0 Å². The summed E-state index contributed by atoms with van der Waals surface area (Å²) in [6.07, 6.45) is 0. The van der Waals surface area contributed by atoms with E-state index in [0.717, 1.165) is 10.5 Å². The van der Waals surface area contributed by atoms with Gasteiger partial charge in [0.15, 0.2) is 0 Å². The van der Waals surface area contributed by atoms with Gasteiger partial charge in [0.1, 0.15) is 5.82 Å². The molecule has 0 aliphatic rings. The fourth-order valence-electron chi connectivity index (χ4n) is 1.41. The third kappa shape index (κ3) is 3.30. The van der Waals surface area contributed by atoms with E-state index < -0.39 is 4.92 Å². The van der Waals surface area contributed by atoms with Gasteiger partial charge in [-0.25, -0.2) is 4.39 Å². The van der Waals surface area contributed by atoms with E-state index in [0.29, 0.717) is 5.75 Å². The molecule has 0 N–H and O–H groups in total. The molecule has 0 spiro atoms. The number of nitro benzene ring substituents is 1. The SMILES string of the molecule is O=[N+]([O-])c1ccc(CSc2ccc(F)cc2)cc1. The predicted molar refractivity (Wildman–Crippen MR) is 69.1 cm³/mol. The highest BCUT2D eigenvalue weighted by molar-refractivity contribution is 7.98. The number of nitro groups is 1. The standard InChI is InChI=1S/C13H10FNO2S/c14-11-3-7-13(8-4-11)18-9-10-1-5-12(6-2-10)15(16)17/h1-8H,9H2. The average molecular weight is 263 g/mol. The van der Waals surface area contributed by atoms with Gasteiger partial charge in [0, 0.05) is 22.8 Å². The van der Waals surface area contributed by atoms with Gasteiger partial charge in [-0.3, -0.25) is 10.1 Å². The molecule has 0 saturated heterocycles. The summed E-state index contributed by atoms with van der Waals surface area (Å²) in [6.45, 7) is 0. The van der Waals surface area contributed by atoms with Crippen LogP contribution < -0.4 is 0 Å². The van der Waals surface area contributed by atoms with E-state index in [2.05, 4.69) is 0 Å². The van der Waals surface area contributed by atoms with Crippen LogP contribution in [-0.2, 0) is 5.75 Å². The first kappa shape index (κ1) is 12.6. The summed E-state index contributed by atoms with van der Waals surface area (Å²) >= 11 is 1.56. The van der Waals surface area contributed by atoms with Crippen molar-refractivity contribution in [2.75, 3.05) is 0 Å². The molecule has 0 radical (unpaired) electrons. The molecule has 0 bridgehead atoms. The first-order valence-corrected chi connectivity index (χ1v) is 6.25. The molecule has 2 rings (SSSR count). The van der Waals surface area contributed by atoms with Gasteiger partial charge in [-0.05, 0) is 29.8 Å². The van der Waals surface area contributed by atoms with Crippen LogP contribution in [0.4, 0.5) is 10.1 Å². The van der Waals surface area contributed by atoms with Gasteiger partial charge in [-0.2, -0.15) is 0 Å². The van der Waals surface area contributed by atoms with E-state index in [9.17, 15) is 14.5 Å². The first-order chi connectivity index (χ1) is 8.65. The molecule has 18 heavy (non-hydrogen) atoms. The lowest BCUT2D eigenvalue weighted by molar-refractivity contribution is -0.384. The van der Waals surface area contributed by atoms with Crippen LogP contribution in [0.15, 0.2) is 53.4 Å². The molecule has 2 aromatic carbocycles. The Morgan fingerprint density at radius 3 is 2.22 bits per heavy atom. The van der Waals surface area contributed by atoms with Gasteiger partial charge in [0.25, 0.3) is 5.69 Å². The minimum absolute atomic E-state index is 0.0885. The van der Waals surface area contributed by atoms with Crippen LogP contribution in [0.1, 0.15) is 5.56 Å². The Kier molecular flexibility index (Phi) is 3.94. The summed E-state index contributed by atoms with van der Waals surface area (Å²) < 4.78 is 12.7. The smallest absolute Gasteiger partial charge is 0.258 e. The number of benzene rings is 2. The number of rotatable bonds is 4. The number of nitrogens with zero attached hydrogens (tertiary/aromatic N) is 1. The maximum absolute atomic E-state index is 12.7. The highest BCUT2D eigenvalue weighted by atomic mass is 32.2. The highest BCUT2D eigenvalue weighted by Crippen LogP contribution is 2.23. The van der Waals surface area contributed by atoms with Crippen molar-refractivity contribution in [2.24, 2.45) is 0 Å². The van der Waals surface area contributed by atoms with E-state index in [1.54, 1.807) is 36.0 Å². The maximum Gasteiger partial charge on any atom is 0.269 e. The number of non-ortho nitro benzene ring substituents is 1. The molecule has 0 aliphatic carbocycles. The fourth-order valence-corrected chi connectivity index (χ4v) is 2.27. The normalized spacial score (nSPS) is 10.3. The molecule has 92 valence electrons. The second-order valence-electron chi connectivity index (χ2n) is 3.67. The van der Waals surface area contributed by atoms with Crippen molar-refractivity contribution in [2.45, 2.75) is 10.6 Å². The van der Waals surface area contributed by atoms with E-state index in [1.165, 1.54) is 24.3 Å². The Morgan fingerprint density at radius 1 is 1.06 bits per heavy atom. The lowest BCUT2D eigenvalue weighted by Crippen LogP contribution is -1.88. The highest BCUT2D eigenvalue weighted by Gasteiger charge is 2.04. The van der Waals surface area contributed by atoms with Gasteiger partial charge in [0.2, 0.25) is 0 Å². The van der Waals surface area contributed by atoms with Crippen molar-refractivity contribution in [3.05, 3.63) is 70.0 Å². The molecule has 0 unspecified atom stereocenters. The minimum Gasteiger partial charge on any atom is -0.258 e. The quantitative estimate of drug-likeness (QED) is 0.475. The number of halogens is 1. The van der Waals surface area contributed by atoms with Crippen molar-refractivity contribution >= 4 is 17.4 Å². The van der Waals surface area contributed by atoms with Crippen LogP contribution in [0.25, 0.3) is 0 Å². The van der Waals surface area contributed by atoms with Crippen molar-refractivity contribution in [3.63, 3.8) is 0 Å². The van der Waals surface area contributed by atoms with Crippen molar-refractivity contribution in [1.82, 2.24) is 0 Å². The van der Waals surface area contributed by atoms with Crippen molar-refractivity contribution in [3.8, 4) is 0 Å². The molecule has 5 heteroatoms. The molecular formula is C13H10FNO2S. The van der Waals surface area contributed by atoms with Gasteiger partial charge in [-0.15, -0.1) is 11.8 Å². The summed E-state index contributed by atoms with van der Waals surface area (Å²) in [5, 5.41) is 10.5. The first-order valence-electron chi connectivity index (χ1n) is 5.27. The summed E-state index contributed by atoms with van der Waals surface area (Å²) in [4.78, 5) is 11.0. The van der Waals surface area contributed by atoms with Gasteiger partial charge < -0.3 is 0 Å². The summed E-state index contributed by atoms with van der Waals surface area (Å²) in [5.74, 6) is 0.443. The molecule has 0 saturated carbocycles. The second-order valence-corrected chi connectivity index (χ2v) is 4.71. The number of hydrogen-bond donors (Lipinski definition) is 0. The van der Waals surface area contributed by atoms with Crippen LogP contribution in [0.3, 0.4) is 0 Å². The molecule has 0 aliphatic heterocycles. The fraction of sp³-hybridized carbons (Fsp3) is 0.0769. The average Bonchev–Trinajstić information content (AvgIpc) is 2.38. The Labute approximate surface area is 108 Å². The number of thioether (sulfide) groups is 1. The summed E-state index contributed by atoms with van der Waals surface area (Å²) in [7, 11) is 0. The molecule has 2 aromatic rings. The molecule has 0 atom stereocenters. The molecule has 0 heterocycles. The molecule has 0 aromatic heterocycles. The van der Waals surface area contributed by atoms with Crippen molar-refractivity contribution < 1.29 is 9.31 Å². The monoisotopic (exact) mass is 263 g/mol. The maximum atomic E-state index is 12.7. The third-order valence-corrected chi connectivity index (χ3v) is 3.45. The Morgan fingerprint density at radius 2 is 1.67 bits per heavy atom. The van der Waals surface area contributed by atoms with Gasteiger partial charge in [0.05, 0.1) is 4.92 Å². The van der Waals surface area contributed by atoms with Crippen LogP contribution >= 0.6 is 11.8 Å². The molecular weight excluding hydrogens is 253 g/mol. The lowest BCUT2D eigenvalue weighted by atomic mass is 10.2. The van der Waals surface area contributed by atoms with Crippen LogP contribution in [0, 0.1) is 15.9 Å². The Bertz CT molecular complexity index is 540. The summed E-state index contributed by atoms with van der Waals surface area (Å²) in [5.41, 5.74) is 1.08. The third-order valence-electron chi connectivity index (χ3n) is 2.37. The van der Waals surface area contributed by atoms with Gasteiger partial charge >= 0.3 is 0 Å². The summed E-state index contributed by atoms with van der Waals surface area (Å²) in [6, 6.07) is 12.7. The van der Waals surface area contributed by atoms with Crippen LogP contribution in [0.2, 0.25) is 0 Å². The predicted octanol–water partition coefficient (Wildman–Crippen LogP) is 4.03. The topological polar surface area (TPSA) is 43.1 Å². The van der Waals surface area contributed by atoms with Crippen molar-refractivity contribution in [1.29, 1.82) is 0 Å². The molecule has 0 fully saturated rings. The van der Waals surface area contributed by atoms with Crippen LogP contribution in [-0.4, -0.2) is 4.92 Å². The van der Waals surface area contributed by atoms with E-state index in [-0.39, 0.29) is 11.5 Å². The Hall–Kier alpha value is -1.88. The van der Waals surface area contributed by atoms with E-state index >= 15 is 0 Å². The largest absolute Gasteiger partial charge is 0.269 e. The second kappa shape index (κ2) is 5.64. The van der Waals surface area contributed by atoms with Gasteiger partial charge in [-0.1, -0.05) is 12.1 Å². The molecule has 0 amide bonds.